The molecule has 1 unspecified atom stereocenters. The Morgan fingerprint density at radius 3 is 2.71 bits per heavy atom. The first-order chi connectivity index (χ1) is 7.95. The van der Waals surface area contributed by atoms with Crippen molar-refractivity contribution in [2.24, 2.45) is 16.1 Å². The standard InChI is InChI=1S/C11H18N4OS/c1-5-7(2)9-6-8(13-14-15(3)4)10(17-9)11(12)16/h6-7H,5H2,1-4H3,(H2,12,16). The fourth-order valence-electron chi connectivity index (χ4n) is 1.23. The molecule has 0 aliphatic carbocycles. The van der Waals surface area contributed by atoms with E-state index in [1.807, 2.05) is 6.07 Å². The SMILES string of the molecule is CCC(C)c1cc(N=NN(C)C)c(C(N)=O)s1. The molecule has 5 nitrogen and oxygen atoms in total. The summed E-state index contributed by atoms with van der Waals surface area (Å²) in [6.07, 6.45) is 1.02. The molecule has 0 aliphatic heterocycles. The fourth-order valence-corrected chi connectivity index (χ4v) is 2.31. The lowest BCUT2D eigenvalue weighted by Crippen LogP contribution is -2.08. The fraction of sp³-hybridized carbons (Fsp3) is 0.545. The van der Waals surface area contributed by atoms with Crippen LogP contribution < -0.4 is 5.73 Å². The Balaban J connectivity index is 3.09. The van der Waals surface area contributed by atoms with Crippen LogP contribution in [0.15, 0.2) is 16.4 Å². The minimum absolute atomic E-state index is 0.404. The van der Waals surface area contributed by atoms with Gasteiger partial charge in [0.05, 0.1) is 0 Å². The molecule has 0 fully saturated rings. The van der Waals surface area contributed by atoms with Crippen LogP contribution in [0.25, 0.3) is 0 Å². The quantitative estimate of drug-likeness (QED) is 0.648. The largest absolute Gasteiger partial charge is 0.365 e. The summed E-state index contributed by atoms with van der Waals surface area (Å²) >= 11 is 1.41. The monoisotopic (exact) mass is 254 g/mol. The molecule has 1 atom stereocenters. The van der Waals surface area contributed by atoms with E-state index in [-0.39, 0.29) is 0 Å². The normalized spacial score (nSPS) is 12.9. The highest BCUT2D eigenvalue weighted by Crippen LogP contribution is 2.35. The van der Waals surface area contributed by atoms with Crippen molar-refractivity contribution in [3.05, 3.63) is 15.8 Å². The molecule has 0 bridgehead atoms. The summed E-state index contributed by atoms with van der Waals surface area (Å²) in [6.45, 7) is 4.22. The zero-order valence-electron chi connectivity index (χ0n) is 10.6. The molecule has 2 N–H and O–H groups in total. The van der Waals surface area contributed by atoms with E-state index in [2.05, 4.69) is 24.2 Å². The first-order valence-corrected chi connectivity index (χ1v) is 6.29. The maximum atomic E-state index is 11.3. The molecule has 1 heterocycles. The van der Waals surface area contributed by atoms with Gasteiger partial charge in [0.25, 0.3) is 5.91 Å². The Hall–Kier alpha value is -1.43. The second-order valence-electron chi connectivity index (χ2n) is 4.07. The van der Waals surface area contributed by atoms with Gasteiger partial charge in [-0.15, -0.1) is 16.5 Å². The topological polar surface area (TPSA) is 71.1 Å². The van der Waals surface area contributed by atoms with Crippen molar-refractivity contribution in [3.8, 4) is 0 Å². The Morgan fingerprint density at radius 1 is 1.59 bits per heavy atom. The van der Waals surface area contributed by atoms with Gasteiger partial charge in [-0.2, -0.15) is 0 Å². The average Bonchev–Trinajstić information content (AvgIpc) is 2.69. The third-order valence-electron chi connectivity index (χ3n) is 2.38. The second-order valence-corrected chi connectivity index (χ2v) is 5.16. The molecule has 0 aliphatic rings. The van der Waals surface area contributed by atoms with Crippen molar-refractivity contribution in [1.82, 2.24) is 5.01 Å². The number of hydrogen-bond acceptors (Lipinski definition) is 4. The van der Waals surface area contributed by atoms with Gasteiger partial charge in [0.1, 0.15) is 10.6 Å². The van der Waals surface area contributed by atoms with Gasteiger partial charge in [-0.05, 0) is 18.4 Å². The van der Waals surface area contributed by atoms with Crippen LogP contribution in [0.1, 0.15) is 40.7 Å². The number of hydrogen-bond donors (Lipinski definition) is 1. The van der Waals surface area contributed by atoms with Gasteiger partial charge in [-0.25, -0.2) is 0 Å². The van der Waals surface area contributed by atoms with E-state index < -0.39 is 5.91 Å². The summed E-state index contributed by atoms with van der Waals surface area (Å²) in [5, 5.41) is 9.49. The average molecular weight is 254 g/mol. The van der Waals surface area contributed by atoms with E-state index >= 15 is 0 Å². The van der Waals surface area contributed by atoms with Crippen LogP contribution in [-0.2, 0) is 0 Å². The third-order valence-corrected chi connectivity index (χ3v) is 3.76. The number of primary amides is 1. The van der Waals surface area contributed by atoms with E-state index in [9.17, 15) is 4.79 Å². The highest BCUT2D eigenvalue weighted by molar-refractivity contribution is 7.14. The van der Waals surface area contributed by atoms with Crippen LogP contribution in [0.5, 0.6) is 0 Å². The zero-order chi connectivity index (χ0) is 13.0. The smallest absolute Gasteiger partial charge is 0.261 e. The van der Waals surface area contributed by atoms with Crippen molar-refractivity contribution < 1.29 is 4.79 Å². The van der Waals surface area contributed by atoms with E-state index in [0.717, 1.165) is 11.3 Å². The van der Waals surface area contributed by atoms with Gasteiger partial charge in [-0.3, -0.25) is 9.80 Å². The minimum atomic E-state index is -0.447. The lowest BCUT2D eigenvalue weighted by Gasteiger charge is -2.02. The molecule has 0 spiro atoms. The predicted molar refractivity (Wildman–Crippen MR) is 69.7 cm³/mol. The second kappa shape index (κ2) is 5.77. The molecular weight excluding hydrogens is 236 g/mol. The summed E-state index contributed by atoms with van der Waals surface area (Å²) in [5.74, 6) is -0.0429. The summed E-state index contributed by atoms with van der Waals surface area (Å²) in [4.78, 5) is 12.9. The molecular formula is C11H18N4OS. The van der Waals surface area contributed by atoms with Gasteiger partial charge in [0.15, 0.2) is 0 Å². The van der Waals surface area contributed by atoms with Crippen LogP contribution in [-0.4, -0.2) is 25.0 Å². The molecule has 0 saturated heterocycles. The molecule has 0 aromatic carbocycles. The zero-order valence-corrected chi connectivity index (χ0v) is 11.4. The molecule has 1 rings (SSSR count). The lowest BCUT2D eigenvalue weighted by molar-refractivity contribution is 0.100. The van der Waals surface area contributed by atoms with Crippen molar-refractivity contribution in [2.75, 3.05) is 14.1 Å². The highest BCUT2D eigenvalue weighted by atomic mass is 32.1. The van der Waals surface area contributed by atoms with Gasteiger partial charge in [0.2, 0.25) is 0 Å². The molecule has 1 aromatic rings. The number of rotatable bonds is 5. The summed E-state index contributed by atoms with van der Waals surface area (Å²) in [7, 11) is 3.55. The highest BCUT2D eigenvalue weighted by Gasteiger charge is 2.16. The van der Waals surface area contributed by atoms with Crippen LogP contribution >= 0.6 is 11.3 Å². The first kappa shape index (κ1) is 13.6. The molecule has 1 amide bonds. The van der Waals surface area contributed by atoms with Crippen molar-refractivity contribution in [1.29, 1.82) is 0 Å². The molecule has 6 heteroatoms. The third kappa shape index (κ3) is 3.52. The number of carbonyl (C=O) groups is 1. The molecule has 17 heavy (non-hydrogen) atoms. The van der Waals surface area contributed by atoms with E-state index in [1.165, 1.54) is 11.3 Å². The molecule has 94 valence electrons. The van der Waals surface area contributed by atoms with Gasteiger partial charge in [-0.1, -0.05) is 19.1 Å². The van der Waals surface area contributed by atoms with Crippen LogP contribution in [0.3, 0.4) is 0 Å². The van der Waals surface area contributed by atoms with Crippen molar-refractivity contribution >= 4 is 22.9 Å². The van der Waals surface area contributed by atoms with Crippen LogP contribution in [0, 0.1) is 0 Å². The maximum Gasteiger partial charge on any atom is 0.261 e. The molecule has 0 saturated carbocycles. The number of carbonyl (C=O) groups excluding carboxylic acids is 1. The van der Waals surface area contributed by atoms with Gasteiger partial charge in [0, 0.05) is 19.0 Å². The van der Waals surface area contributed by atoms with Gasteiger partial charge < -0.3 is 5.73 Å². The van der Waals surface area contributed by atoms with E-state index in [4.69, 9.17) is 5.73 Å². The summed E-state index contributed by atoms with van der Waals surface area (Å²) in [5.41, 5.74) is 5.89. The minimum Gasteiger partial charge on any atom is -0.365 e. The van der Waals surface area contributed by atoms with Crippen LogP contribution in [0.2, 0.25) is 0 Å². The number of thiophene rings is 1. The summed E-state index contributed by atoms with van der Waals surface area (Å²) < 4.78 is 0. The first-order valence-electron chi connectivity index (χ1n) is 5.48. The van der Waals surface area contributed by atoms with Crippen LogP contribution in [0.4, 0.5) is 5.69 Å². The molecule has 1 aromatic heterocycles. The molecule has 0 radical (unpaired) electrons. The van der Waals surface area contributed by atoms with E-state index in [1.54, 1.807) is 19.1 Å². The number of amides is 1. The predicted octanol–water partition coefficient (Wildman–Crippen LogP) is 2.92. The lowest BCUT2D eigenvalue weighted by atomic mass is 10.1. The van der Waals surface area contributed by atoms with Crippen molar-refractivity contribution in [2.45, 2.75) is 26.2 Å². The maximum absolute atomic E-state index is 11.3. The van der Waals surface area contributed by atoms with Gasteiger partial charge >= 0.3 is 0 Å². The Bertz CT molecular complexity index is 425. The van der Waals surface area contributed by atoms with Crippen molar-refractivity contribution in [3.63, 3.8) is 0 Å². The Labute approximate surface area is 105 Å². The Morgan fingerprint density at radius 2 is 2.24 bits per heavy atom. The number of nitrogens with zero attached hydrogens (tertiary/aromatic N) is 3. The number of nitrogens with two attached hydrogens (primary N) is 1. The van der Waals surface area contributed by atoms with E-state index in [0.29, 0.717) is 16.5 Å². The summed E-state index contributed by atoms with van der Waals surface area (Å²) in [6, 6.07) is 1.89. The Kier molecular flexibility index (Phi) is 4.62.